The molecule has 5 atom stereocenters. The van der Waals surface area contributed by atoms with E-state index in [1.54, 1.807) is 0 Å². The second-order valence-electron chi connectivity index (χ2n) is 6.87. The molecular weight excluding hydrogens is 212 g/mol. The number of fused-ring (bicyclic) bond motifs is 4. The minimum Gasteiger partial charge on any atom is -0.396 e. The predicted octanol–water partition coefficient (Wildman–Crippen LogP) is 2.58. The summed E-state index contributed by atoms with van der Waals surface area (Å²) in [7, 11) is 0. The van der Waals surface area contributed by atoms with E-state index in [0.717, 1.165) is 11.8 Å². The largest absolute Gasteiger partial charge is 0.396 e. The summed E-state index contributed by atoms with van der Waals surface area (Å²) in [6.45, 7) is 0.607. The summed E-state index contributed by atoms with van der Waals surface area (Å²) in [4.78, 5) is 0. The summed E-state index contributed by atoms with van der Waals surface area (Å²) in [5.41, 5.74) is 0.0790. The third-order valence-corrected chi connectivity index (χ3v) is 6.12. The van der Waals surface area contributed by atoms with Crippen LogP contribution in [0.4, 0.5) is 0 Å². The van der Waals surface area contributed by atoms with Crippen molar-refractivity contribution in [2.45, 2.75) is 51.4 Å². The molecule has 0 heterocycles. The first-order chi connectivity index (χ1) is 8.29. The second-order valence-corrected chi connectivity index (χ2v) is 6.87. The molecule has 0 saturated heterocycles. The molecule has 3 saturated carbocycles. The standard InChI is InChI=1S/C15H26O2/c16-9-14-13-6-2-4-11-3-1-5-12(13)8-15(14,7-11)10-17/h11-14,16-17H,1-10H2/t11?,12-,13-,14+,15+/m0/s1. The van der Waals surface area contributed by atoms with Gasteiger partial charge in [-0.05, 0) is 48.3 Å². The highest BCUT2D eigenvalue weighted by Crippen LogP contribution is 2.59. The zero-order chi connectivity index (χ0) is 11.9. The quantitative estimate of drug-likeness (QED) is 0.776. The molecule has 2 nitrogen and oxygen atoms in total. The smallest absolute Gasteiger partial charge is 0.0491 e. The first kappa shape index (κ1) is 12.0. The number of rotatable bonds is 2. The van der Waals surface area contributed by atoms with Crippen LogP contribution < -0.4 is 0 Å². The van der Waals surface area contributed by atoms with Crippen LogP contribution in [0.3, 0.4) is 0 Å². The predicted molar refractivity (Wildman–Crippen MR) is 67.5 cm³/mol. The van der Waals surface area contributed by atoms with Crippen LogP contribution in [0, 0.1) is 29.1 Å². The van der Waals surface area contributed by atoms with Gasteiger partial charge in [0.2, 0.25) is 0 Å². The fourth-order valence-electron chi connectivity index (χ4n) is 5.41. The highest BCUT2D eigenvalue weighted by atomic mass is 16.3. The van der Waals surface area contributed by atoms with Crippen LogP contribution in [0.1, 0.15) is 51.4 Å². The zero-order valence-electron chi connectivity index (χ0n) is 10.8. The molecule has 0 radical (unpaired) electrons. The Hall–Kier alpha value is -0.0800. The Morgan fingerprint density at radius 2 is 1.71 bits per heavy atom. The van der Waals surface area contributed by atoms with E-state index >= 15 is 0 Å². The van der Waals surface area contributed by atoms with Crippen molar-refractivity contribution >= 4 is 0 Å². The molecule has 0 aromatic rings. The third-order valence-electron chi connectivity index (χ3n) is 6.12. The Balaban J connectivity index is 1.97. The molecule has 0 spiro atoms. The molecule has 2 heteroatoms. The molecule has 3 aliphatic carbocycles. The Kier molecular flexibility index (Phi) is 3.20. The lowest BCUT2D eigenvalue weighted by Crippen LogP contribution is -2.37. The fourth-order valence-corrected chi connectivity index (χ4v) is 5.41. The van der Waals surface area contributed by atoms with Gasteiger partial charge in [-0.15, -0.1) is 0 Å². The van der Waals surface area contributed by atoms with E-state index in [-0.39, 0.29) is 5.41 Å². The van der Waals surface area contributed by atoms with Crippen LogP contribution in [0.2, 0.25) is 0 Å². The molecule has 17 heavy (non-hydrogen) atoms. The van der Waals surface area contributed by atoms with Crippen LogP contribution in [0.25, 0.3) is 0 Å². The molecule has 1 unspecified atom stereocenters. The van der Waals surface area contributed by atoms with Gasteiger partial charge in [-0.1, -0.05) is 32.1 Å². The van der Waals surface area contributed by atoms with E-state index in [9.17, 15) is 10.2 Å². The van der Waals surface area contributed by atoms with Crippen molar-refractivity contribution in [1.82, 2.24) is 0 Å². The average molecular weight is 238 g/mol. The summed E-state index contributed by atoms with van der Waals surface area (Å²) in [5, 5.41) is 19.7. The van der Waals surface area contributed by atoms with Gasteiger partial charge in [0.25, 0.3) is 0 Å². The van der Waals surface area contributed by atoms with Crippen LogP contribution in [0.15, 0.2) is 0 Å². The molecule has 3 aliphatic rings. The maximum Gasteiger partial charge on any atom is 0.0491 e. The minimum absolute atomic E-state index is 0.0790. The molecule has 2 N–H and O–H groups in total. The van der Waals surface area contributed by atoms with Gasteiger partial charge in [0, 0.05) is 13.2 Å². The monoisotopic (exact) mass is 238 g/mol. The lowest BCUT2D eigenvalue weighted by molar-refractivity contribution is 0.00370. The maximum atomic E-state index is 9.93. The average Bonchev–Trinajstić information content (AvgIpc) is 2.65. The van der Waals surface area contributed by atoms with E-state index in [4.69, 9.17) is 0 Å². The summed E-state index contributed by atoms with van der Waals surface area (Å²) in [5.74, 6) is 2.69. The van der Waals surface area contributed by atoms with Gasteiger partial charge in [0.15, 0.2) is 0 Å². The molecule has 0 aromatic carbocycles. The van der Waals surface area contributed by atoms with E-state index in [1.807, 2.05) is 0 Å². The summed E-state index contributed by atoms with van der Waals surface area (Å²) in [6, 6.07) is 0. The van der Waals surface area contributed by atoms with E-state index in [1.165, 1.54) is 51.4 Å². The molecule has 0 aromatic heterocycles. The normalized spacial score (nSPS) is 49.8. The van der Waals surface area contributed by atoms with Gasteiger partial charge in [-0.2, -0.15) is 0 Å². The molecule has 3 fully saturated rings. The minimum atomic E-state index is 0.0790. The van der Waals surface area contributed by atoms with E-state index in [0.29, 0.717) is 25.0 Å². The third kappa shape index (κ3) is 1.84. The maximum absolute atomic E-state index is 9.93. The number of aliphatic hydroxyl groups is 2. The van der Waals surface area contributed by atoms with Gasteiger partial charge in [0.05, 0.1) is 0 Å². The SMILES string of the molecule is OC[C@@H]1[C@H]2CCCC3CCC[C@H]2C[C@@]1(CO)C3. The Bertz CT molecular complexity index is 276. The van der Waals surface area contributed by atoms with Crippen molar-refractivity contribution in [1.29, 1.82) is 0 Å². The first-order valence-corrected chi connectivity index (χ1v) is 7.51. The van der Waals surface area contributed by atoms with Crippen molar-refractivity contribution in [2.24, 2.45) is 29.1 Å². The Morgan fingerprint density at radius 1 is 0.941 bits per heavy atom. The van der Waals surface area contributed by atoms with Crippen molar-refractivity contribution in [2.75, 3.05) is 13.2 Å². The zero-order valence-corrected chi connectivity index (χ0v) is 10.8. The van der Waals surface area contributed by atoms with Crippen molar-refractivity contribution in [3.8, 4) is 0 Å². The summed E-state index contributed by atoms with van der Waals surface area (Å²) < 4.78 is 0. The lowest BCUT2D eigenvalue weighted by Gasteiger charge is -2.39. The second kappa shape index (κ2) is 4.55. The van der Waals surface area contributed by atoms with Crippen molar-refractivity contribution in [3.05, 3.63) is 0 Å². The Morgan fingerprint density at radius 3 is 2.41 bits per heavy atom. The molecule has 4 bridgehead atoms. The van der Waals surface area contributed by atoms with Crippen molar-refractivity contribution in [3.63, 3.8) is 0 Å². The van der Waals surface area contributed by atoms with E-state index < -0.39 is 0 Å². The molecule has 0 amide bonds. The fraction of sp³-hybridized carbons (Fsp3) is 1.00. The van der Waals surface area contributed by atoms with Gasteiger partial charge in [0.1, 0.15) is 0 Å². The number of hydrogen-bond donors (Lipinski definition) is 2. The molecule has 98 valence electrons. The van der Waals surface area contributed by atoms with Crippen LogP contribution >= 0.6 is 0 Å². The van der Waals surface area contributed by atoms with E-state index in [2.05, 4.69) is 0 Å². The van der Waals surface area contributed by atoms with Crippen LogP contribution in [-0.2, 0) is 0 Å². The van der Waals surface area contributed by atoms with Gasteiger partial charge in [-0.3, -0.25) is 0 Å². The Labute approximate surface area is 104 Å². The van der Waals surface area contributed by atoms with Crippen molar-refractivity contribution < 1.29 is 10.2 Å². The highest BCUT2D eigenvalue weighted by molar-refractivity contribution is 5.03. The molecule has 3 rings (SSSR count). The number of aliphatic hydroxyl groups excluding tert-OH is 2. The summed E-state index contributed by atoms with van der Waals surface area (Å²) >= 11 is 0. The van der Waals surface area contributed by atoms with Crippen LogP contribution in [0.5, 0.6) is 0 Å². The molecule has 0 aliphatic heterocycles. The number of hydrogen-bond acceptors (Lipinski definition) is 2. The lowest BCUT2D eigenvalue weighted by atomic mass is 9.67. The van der Waals surface area contributed by atoms with Crippen LogP contribution in [-0.4, -0.2) is 23.4 Å². The highest BCUT2D eigenvalue weighted by Gasteiger charge is 2.54. The van der Waals surface area contributed by atoms with Gasteiger partial charge >= 0.3 is 0 Å². The van der Waals surface area contributed by atoms with Gasteiger partial charge < -0.3 is 10.2 Å². The van der Waals surface area contributed by atoms with Gasteiger partial charge in [-0.25, -0.2) is 0 Å². The summed E-state index contributed by atoms with van der Waals surface area (Å²) in [6.07, 6.45) is 10.5. The topological polar surface area (TPSA) is 40.5 Å². The molecular formula is C15H26O2. The first-order valence-electron chi connectivity index (χ1n) is 7.51.